The van der Waals surface area contributed by atoms with Crippen LogP contribution in [0, 0.1) is 10.1 Å². The van der Waals surface area contributed by atoms with E-state index in [1.54, 1.807) is 0 Å². The number of alkyl halides is 2. The minimum atomic E-state index is -3.55. The van der Waals surface area contributed by atoms with Crippen molar-refractivity contribution in [2.24, 2.45) is 5.73 Å². The molecule has 9 heteroatoms. The van der Waals surface area contributed by atoms with Crippen molar-refractivity contribution in [1.82, 2.24) is 0 Å². The lowest BCUT2D eigenvalue weighted by molar-refractivity contribution is -0.384. The summed E-state index contributed by atoms with van der Waals surface area (Å²) in [5, 5.41) is 18.9. The molecular weight excluding hydrogens is 293 g/mol. The Bertz CT molecular complexity index is 446. The standard InChI is InChI=1S/C9H9ClF2N2O3.ClH/c10-6-2-1-5(3-7(6)14(16)17)8(13)9(11,12)4-15;/h1-3,8,15H,4,13H2;1H/t8-;/m0./s1. The van der Waals surface area contributed by atoms with Gasteiger partial charge in [0.2, 0.25) is 0 Å². The van der Waals surface area contributed by atoms with E-state index in [9.17, 15) is 18.9 Å². The topological polar surface area (TPSA) is 89.4 Å². The van der Waals surface area contributed by atoms with E-state index in [4.69, 9.17) is 22.4 Å². The maximum Gasteiger partial charge on any atom is 0.289 e. The van der Waals surface area contributed by atoms with Gasteiger partial charge in [-0.25, -0.2) is 8.78 Å². The van der Waals surface area contributed by atoms with Crippen LogP contribution in [-0.4, -0.2) is 22.6 Å². The Labute approximate surface area is 112 Å². The van der Waals surface area contributed by atoms with E-state index < -0.39 is 29.2 Å². The Hall–Kier alpha value is -1.02. The molecule has 1 aromatic rings. The van der Waals surface area contributed by atoms with Crippen molar-refractivity contribution in [2.75, 3.05) is 6.61 Å². The second-order valence-electron chi connectivity index (χ2n) is 3.36. The number of hydrogen-bond donors (Lipinski definition) is 2. The van der Waals surface area contributed by atoms with Crippen molar-refractivity contribution in [2.45, 2.75) is 12.0 Å². The summed E-state index contributed by atoms with van der Waals surface area (Å²) in [5.74, 6) is -3.55. The number of benzene rings is 1. The number of nitrogens with zero attached hydrogens (tertiary/aromatic N) is 1. The van der Waals surface area contributed by atoms with Gasteiger partial charge in [0.15, 0.2) is 0 Å². The van der Waals surface area contributed by atoms with Crippen LogP contribution in [-0.2, 0) is 0 Å². The van der Waals surface area contributed by atoms with Gasteiger partial charge in [-0.05, 0) is 11.6 Å². The number of nitro groups is 1. The molecule has 5 nitrogen and oxygen atoms in total. The SMILES string of the molecule is Cl.N[C@@H](c1ccc(Cl)c([N+](=O)[O-])c1)C(F)(F)CO. The Morgan fingerprint density at radius 1 is 1.56 bits per heavy atom. The highest BCUT2D eigenvalue weighted by Crippen LogP contribution is 2.33. The molecule has 0 unspecified atom stereocenters. The predicted molar refractivity (Wildman–Crippen MR) is 64.3 cm³/mol. The van der Waals surface area contributed by atoms with Crippen LogP contribution in [0.4, 0.5) is 14.5 Å². The Morgan fingerprint density at radius 2 is 2.11 bits per heavy atom. The highest BCUT2D eigenvalue weighted by Gasteiger charge is 2.38. The van der Waals surface area contributed by atoms with Gasteiger partial charge in [-0.2, -0.15) is 0 Å². The molecule has 1 aromatic carbocycles. The second-order valence-corrected chi connectivity index (χ2v) is 3.77. The van der Waals surface area contributed by atoms with Gasteiger partial charge in [-0.15, -0.1) is 12.4 Å². The lowest BCUT2D eigenvalue weighted by Crippen LogP contribution is -2.36. The Kier molecular flexibility index (Phi) is 5.88. The molecule has 0 spiro atoms. The molecule has 0 saturated heterocycles. The Balaban J connectivity index is 0.00000289. The number of halogens is 4. The van der Waals surface area contributed by atoms with Crippen LogP contribution in [0.2, 0.25) is 5.02 Å². The van der Waals surface area contributed by atoms with Crippen molar-refractivity contribution >= 4 is 29.7 Å². The van der Waals surface area contributed by atoms with Crippen LogP contribution in [0.5, 0.6) is 0 Å². The van der Waals surface area contributed by atoms with Gasteiger partial charge in [0.05, 0.1) is 11.0 Å². The number of rotatable bonds is 4. The van der Waals surface area contributed by atoms with E-state index >= 15 is 0 Å². The van der Waals surface area contributed by atoms with Gasteiger partial charge < -0.3 is 10.8 Å². The lowest BCUT2D eigenvalue weighted by atomic mass is 10.0. The van der Waals surface area contributed by atoms with E-state index in [0.29, 0.717) is 0 Å². The summed E-state index contributed by atoms with van der Waals surface area (Å²) in [5.41, 5.74) is 4.55. The average Bonchev–Trinajstić information content (AvgIpc) is 2.28. The van der Waals surface area contributed by atoms with Crippen LogP contribution in [0.15, 0.2) is 18.2 Å². The summed E-state index contributed by atoms with van der Waals surface area (Å²) < 4.78 is 26.2. The summed E-state index contributed by atoms with van der Waals surface area (Å²) in [6.45, 7) is -1.44. The third-order valence-corrected chi connectivity index (χ3v) is 2.51. The molecule has 0 bridgehead atoms. The third-order valence-electron chi connectivity index (χ3n) is 2.19. The summed E-state index contributed by atoms with van der Waals surface area (Å²) in [4.78, 5) is 9.76. The molecule has 1 atom stereocenters. The van der Waals surface area contributed by atoms with E-state index in [2.05, 4.69) is 0 Å². The van der Waals surface area contributed by atoms with Gasteiger partial charge in [0.25, 0.3) is 11.6 Å². The van der Waals surface area contributed by atoms with Crippen LogP contribution in [0.3, 0.4) is 0 Å². The van der Waals surface area contributed by atoms with Gasteiger partial charge in [0.1, 0.15) is 11.6 Å². The maximum absolute atomic E-state index is 13.1. The highest BCUT2D eigenvalue weighted by molar-refractivity contribution is 6.32. The van der Waals surface area contributed by atoms with Gasteiger partial charge in [-0.3, -0.25) is 10.1 Å². The molecule has 0 aliphatic carbocycles. The fourth-order valence-corrected chi connectivity index (χ4v) is 1.39. The normalized spacial score (nSPS) is 12.7. The minimum absolute atomic E-state index is 0. The summed E-state index contributed by atoms with van der Waals surface area (Å²) in [7, 11) is 0. The van der Waals surface area contributed by atoms with Crippen molar-refractivity contribution in [1.29, 1.82) is 0 Å². The zero-order valence-corrected chi connectivity index (χ0v) is 10.4. The number of hydrogen-bond acceptors (Lipinski definition) is 4. The average molecular weight is 303 g/mol. The smallest absolute Gasteiger partial charge is 0.289 e. The van der Waals surface area contributed by atoms with Crippen molar-refractivity contribution in [3.05, 3.63) is 38.9 Å². The first-order chi connectivity index (χ1) is 7.79. The number of aliphatic hydroxyl groups is 1. The molecule has 0 heterocycles. The van der Waals surface area contributed by atoms with Crippen LogP contribution in [0.25, 0.3) is 0 Å². The molecule has 0 aliphatic rings. The lowest BCUT2D eigenvalue weighted by Gasteiger charge is -2.21. The first-order valence-electron chi connectivity index (χ1n) is 4.47. The van der Waals surface area contributed by atoms with Gasteiger partial charge in [0, 0.05) is 6.07 Å². The van der Waals surface area contributed by atoms with E-state index in [1.165, 1.54) is 0 Å². The summed E-state index contributed by atoms with van der Waals surface area (Å²) in [6.07, 6.45) is 0. The molecule has 18 heavy (non-hydrogen) atoms. The molecule has 0 radical (unpaired) electrons. The first kappa shape index (κ1) is 17.0. The zero-order valence-electron chi connectivity index (χ0n) is 8.85. The van der Waals surface area contributed by atoms with Crippen molar-refractivity contribution in [3.8, 4) is 0 Å². The molecule has 0 saturated carbocycles. The minimum Gasteiger partial charge on any atom is -0.390 e. The third kappa shape index (κ3) is 3.49. The van der Waals surface area contributed by atoms with Crippen LogP contribution >= 0.6 is 24.0 Å². The van der Waals surface area contributed by atoms with E-state index in [-0.39, 0.29) is 23.0 Å². The number of nitro benzene ring substituents is 1. The quantitative estimate of drug-likeness (QED) is 0.659. The van der Waals surface area contributed by atoms with Crippen molar-refractivity contribution in [3.63, 3.8) is 0 Å². The van der Waals surface area contributed by atoms with E-state index in [1.807, 2.05) is 0 Å². The fraction of sp³-hybridized carbons (Fsp3) is 0.333. The van der Waals surface area contributed by atoms with Gasteiger partial charge >= 0.3 is 0 Å². The largest absolute Gasteiger partial charge is 0.390 e. The molecule has 3 N–H and O–H groups in total. The number of nitrogens with two attached hydrogens (primary N) is 1. The molecule has 0 amide bonds. The molecule has 1 rings (SSSR count). The van der Waals surface area contributed by atoms with Gasteiger partial charge in [-0.1, -0.05) is 17.7 Å². The summed E-state index contributed by atoms with van der Waals surface area (Å²) in [6, 6.07) is 1.31. The molecule has 102 valence electrons. The Morgan fingerprint density at radius 3 is 2.56 bits per heavy atom. The van der Waals surface area contributed by atoms with Crippen LogP contribution in [0.1, 0.15) is 11.6 Å². The zero-order chi connectivity index (χ0) is 13.2. The molecule has 0 fully saturated rings. The highest BCUT2D eigenvalue weighted by atomic mass is 35.5. The van der Waals surface area contributed by atoms with Crippen LogP contribution < -0.4 is 5.73 Å². The van der Waals surface area contributed by atoms with E-state index in [0.717, 1.165) is 18.2 Å². The molecule has 0 aliphatic heterocycles. The van der Waals surface area contributed by atoms with Crippen molar-refractivity contribution < 1.29 is 18.8 Å². The monoisotopic (exact) mass is 302 g/mol. The molecule has 0 aromatic heterocycles. The second kappa shape index (κ2) is 6.24. The molecular formula is C9H10Cl2F2N2O3. The number of aliphatic hydroxyl groups excluding tert-OH is 1. The maximum atomic E-state index is 13.1. The predicted octanol–water partition coefficient (Wildman–Crippen LogP) is 2.30. The fourth-order valence-electron chi connectivity index (χ4n) is 1.21. The summed E-state index contributed by atoms with van der Waals surface area (Å²) >= 11 is 5.52. The first-order valence-corrected chi connectivity index (χ1v) is 4.85.